The van der Waals surface area contributed by atoms with Gasteiger partial charge in [-0.15, -0.1) is 0 Å². The second-order valence-electron chi connectivity index (χ2n) is 5.66. The normalized spacial score (nSPS) is 12.8. The Hall–Kier alpha value is -1.91. The Morgan fingerprint density at radius 1 is 1.25 bits per heavy atom. The van der Waals surface area contributed by atoms with Gasteiger partial charge in [-0.3, -0.25) is 9.59 Å². The lowest BCUT2D eigenvalue weighted by molar-refractivity contribution is -0.162. The van der Waals surface area contributed by atoms with Gasteiger partial charge in [-0.1, -0.05) is 12.1 Å². The Balaban J connectivity index is 2.81. The Labute approximate surface area is 117 Å². The first kappa shape index (κ1) is 16.1. The van der Waals surface area contributed by atoms with Crippen LogP contribution in [-0.2, 0) is 20.7 Å². The quantitative estimate of drug-likeness (QED) is 0.843. The summed E-state index contributed by atoms with van der Waals surface area (Å²) in [6.45, 7) is 5.17. The molecular formula is C15H19FO4. The summed E-state index contributed by atoms with van der Waals surface area (Å²) in [7, 11) is 0. The van der Waals surface area contributed by atoms with E-state index in [0.29, 0.717) is 5.56 Å². The Morgan fingerprint density at radius 2 is 1.80 bits per heavy atom. The van der Waals surface area contributed by atoms with E-state index in [4.69, 9.17) is 9.84 Å². The summed E-state index contributed by atoms with van der Waals surface area (Å²) in [6.07, 6.45) is -0.103. The van der Waals surface area contributed by atoms with Gasteiger partial charge < -0.3 is 9.84 Å². The third-order valence-electron chi connectivity index (χ3n) is 2.56. The number of aliphatic carboxylic acids is 1. The van der Waals surface area contributed by atoms with Gasteiger partial charge in [-0.2, -0.15) is 0 Å². The van der Waals surface area contributed by atoms with E-state index in [1.807, 2.05) is 0 Å². The van der Waals surface area contributed by atoms with Crippen LogP contribution in [-0.4, -0.2) is 22.6 Å². The standard InChI is InChI=1S/C15H19FO4/c1-15(2,3)20-14(19)11(9-13(17)18)8-10-4-6-12(16)7-5-10/h4-7,11H,8-9H2,1-3H3,(H,17,18). The third-order valence-corrected chi connectivity index (χ3v) is 2.56. The van der Waals surface area contributed by atoms with Gasteiger partial charge in [0.1, 0.15) is 11.4 Å². The Morgan fingerprint density at radius 3 is 2.25 bits per heavy atom. The van der Waals surface area contributed by atoms with Crippen LogP contribution in [0, 0.1) is 11.7 Å². The van der Waals surface area contributed by atoms with Crippen LogP contribution in [0.5, 0.6) is 0 Å². The van der Waals surface area contributed by atoms with Crippen molar-refractivity contribution in [2.24, 2.45) is 5.92 Å². The summed E-state index contributed by atoms with van der Waals surface area (Å²) in [5, 5.41) is 8.89. The molecule has 1 atom stereocenters. The lowest BCUT2D eigenvalue weighted by atomic mass is 9.96. The van der Waals surface area contributed by atoms with Crippen molar-refractivity contribution < 1.29 is 23.8 Å². The number of hydrogen-bond donors (Lipinski definition) is 1. The Bertz CT molecular complexity index is 474. The zero-order valence-electron chi connectivity index (χ0n) is 11.9. The van der Waals surface area contributed by atoms with E-state index in [1.165, 1.54) is 24.3 Å². The first-order valence-corrected chi connectivity index (χ1v) is 6.36. The van der Waals surface area contributed by atoms with Crippen molar-refractivity contribution in [1.82, 2.24) is 0 Å². The molecule has 110 valence electrons. The number of benzene rings is 1. The minimum absolute atomic E-state index is 0.210. The molecule has 1 aromatic rings. The smallest absolute Gasteiger partial charge is 0.310 e. The van der Waals surface area contributed by atoms with Crippen molar-refractivity contribution in [3.05, 3.63) is 35.6 Å². The van der Waals surface area contributed by atoms with Crippen molar-refractivity contribution in [2.45, 2.75) is 39.2 Å². The number of carbonyl (C=O) groups excluding carboxylic acids is 1. The zero-order valence-corrected chi connectivity index (χ0v) is 11.9. The van der Waals surface area contributed by atoms with Crippen LogP contribution in [0.2, 0.25) is 0 Å². The summed E-state index contributed by atoms with van der Waals surface area (Å²) in [4.78, 5) is 22.9. The number of halogens is 1. The molecule has 20 heavy (non-hydrogen) atoms. The largest absolute Gasteiger partial charge is 0.481 e. The van der Waals surface area contributed by atoms with Gasteiger partial charge in [0, 0.05) is 0 Å². The van der Waals surface area contributed by atoms with Gasteiger partial charge in [-0.05, 0) is 44.9 Å². The predicted octanol–water partition coefficient (Wildman–Crippen LogP) is 2.80. The van der Waals surface area contributed by atoms with E-state index in [0.717, 1.165) is 0 Å². The minimum atomic E-state index is -1.07. The van der Waals surface area contributed by atoms with E-state index < -0.39 is 23.5 Å². The van der Waals surface area contributed by atoms with Gasteiger partial charge in [0.2, 0.25) is 0 Å². The molecule has 0 heterocycles. The average Bonchev–Trinajstić information content (AvgIpc) is 2.28. The number of carboxylic acid groups (broad SMARTS) is 1. The number of rotatable bonds is 5. The number of esters is 1. The van der Waals surface area contributed by atoms with E-state index >= 15 is 0 Å². The second-order valence-corrected chi connectivity index (χ2v) is 5.66. The van der Waals surface area contributed by atoms with Crippen LogP contribution in [0.3, 0.4) is 0 Å². The molecule has 0 amide bonds. The fourth-order valence-corrected chi connectivity index (χ4v) is 1.74. The van der Waals surface area contributed by atoms with E-state index in [2.05, 4.69) is 0 Å². The molecule has 1 unspecified atom stereocenters. The maximum Gasteiger partial charge on any atom is 0.310 e. The van der Waals surface area contributed by atoms with Gasteiger partial charge in [0.25, 0.3) is 0 Å². The van der Waals surface area contributed by atoms with E-state index in [9.17, 15) is 14.0 Å². The van der Waals surface area contributed by atoms with Gasteiger partial charge in [0.15, 0.2) is 0 Å². The Kier molecular flexibility index (Phi) is 5.25. The van der Waals surface area contributed by atoms with Crippen molar-refractivity contribution in [2.75, 3.05) is 0 Å². The highest BCUT2D eigenvalue weighted by atomic mass is 19.1. The third kappa shape index (κ3) is 5.82. The maximum absolute atomic E-state index is 12.8. The summed E-state index contributed by atoms with van der Waals surface area (Å²) >= 11 is 0. The van der Waals surface area contributed by atoms with Crippen molar-refractivity contribution in [3.8, 4) is 0 Å². The average molecular weight is 282 g/mol. The molecule has 0 fully saturated rings. The molecule has 0 bridgehead atoms. The maximum atomic E-state index is 12.8. The fourth-order valence-electron chi connectivity index (χ4n) is 1.74. The highest BCUT2D eigenvalue weighted by Gasteiger charge is 2.27. The first-order valence-electron chi connectivity index (χ1n) is 6.36. The number of carboxylic acids is 1. The number of hydrogen-bond acceptors (Lipinski definition) is 3. The molecule has 0 aliphatic rings. The van der Waals surface area contributed by atoms with E-state index in [-0.39, 0.29) is 18.7 Å². The van der Waals surface area contributed by atoms with Crippen LogP contribution in [0.1, 0.15) is 32.8 Å². The molecule has 5 heteroatoms. The van der Waals surface area contributed by atoms with Crippen LogP contribution < -0.4 is 0 Å². The summed E-state index contributed by atoms with van der Waals surface area (Å²) < 4.78 is 18.0. The van der Waals surface area contributed by atoms with Crippen LogP contribution in [0.25, 0.3) is 0 Å². The van der Waals surface area contributed by atoms with Crippen molar-refractivity contribution >= 4 is 11.9 Å². The SMILES string of the molecule is CC(C)(C)OC(=O)C(CC(=O)O)Cc1ccc(F)cc1. The monoisotopic (exact) mass is 282 g/mol. The molecule has 0 saturated heterocycles. The number of ether oxygens (including phenoxy) is 1. The number of carbonyl (C=O) groups is 2. The molecule has 1 N–H and O–H groups in total. The van der Waals surface area contributed by atoms with Crippen molar-refractivity contribution in [3.63, 3.8) is 0 Å². The molecule has 0 aromatic heterocycles. The van der Waals surface area contributed by atoms with E-state index in [1.54, 1.807) is 20.8 Å². The summed E-state index contributed by atoms with van der Waals surface area (Å²) in [6, 6.07) is 5.63. The molecule has 0 spiro atoms. The lowest BCUT2D eigenvalue weighted by Crippen LogP contribution is -2.31. The molecule has 1 rings (SSSR count). The van der Waals surface area contributed by atoms with Crippen LogP contribution >= 0.6 is 0 Å². The predicted molar refractivity (Wildman–Crippen MR) is 71.7 cm³/mol. The molecule has 0 saturated carbocycles. The summed E-state index contributed by atoms with van der Waals surface area (Å²) in [5.74, 6) is -2.77. The highest BCUT2D eigenvalue weighted by molar-refractivity contribution is 5.79. The van der Waals surface area contributed by atoms with Gasteiger partial charge >= 0.3 is 11.9 Å². The topological polar surface area (TPSA) is 63.6 Å². The lowest BCUT2D eigenvalue weighted by Gasteiger charge is -2.23. The fraction of sp³-hybridized carbons (Fsp3) is 0.467. The van der Waals surface area contributed by atoms with Gasteiger partial charge in [0.05, 0.1) is 12.3 Å². The molecule has 0 aliphatic heterocycles. The molecule has 0 radical (unpaired) electrons. The zero-order chi connectivity index (χ0) is 15.3. The first-order chi connectivity index (χ1) is 9.17. The second kappa shape index (κ2) is 6.50. The van der Waals surface area contributed by atoms with Crippen molar-refractivity contribution in [1.29, 1.82) is 0 Å². The van der Waals surface area contributed by atoms with Gasteiger partial charge in [-0.25, -0.2) is 4.39 Å². The van der Waals surface area contributed by atoms with Crippen LogP contribution in [0.15, 0.2) is 24.3 Å². The molecular weight excluding hydrogens is 263 g/mol. The van der Waals surface area contributed by atoms with Crippen LogP contribution in [0.4, 0.5) is 4.39 Å². The summed E-state index contributed by atoms with van der Waals surface area (Å²) in [5.41, 5.74) is 0.0277. The molecule has 0 aliphatic carbocycles. The molecule has 4 nitrogen and oxygen atoms in total. The molecule has 1 aromatic carbocycles. The highest BCUT2D eigenvalue weighted by Crippen LogP contribution is 2.18. The minimum Gasteiger partial charge on any atom is -0.481 e.